The molecule has 0 aliphatic heterocycles. The summed E-state index contributed by atoms with van der Waals surface area (Å²) in [6, 6.07) is 13.1. The number of hydrogen-bond acceptors (Lipinski definition) is 6. The zero-order chi connectivity index (χ0) is 24.7. The fraction of sp³-hybridized carbons (Fsp3) is 0.320. The quantitative estimate of drug-likeness (QED) is 0.252. The third-order valence-electron chi connectivity index (χ3n) is 5.05. The molecular weight excluding hydrogens is 472 g/mol. The number of carbonyl (C=O) groups excluding carboxylic acids is 1. The highest BCUT2D eigenvalue weighted by Gasteiger charge is 2.20. The number of anilines is 1. The van der Waals surface area contributed by atoms with Crippen molar-refractivity contribution in [3.8, 4) is 11.5 Å². The average molecular weight is 501 g/mol. The van der Waals surface area contributed by atoms with E-state index in [-0.39, 0.29) is 17.8 Å². The molecule has 0 aliphatic rings. The van der Waals surface area contributed by atoms with Crippen molar-refractivity contribution in [2.75, 3.05) is 18.2 Å². The molecule has 1 heterocycles. The highest BCUT2D eigenvalue weighted by molar-refractivity contribution is 7.99. The second-order valence-corrected chi connectivity index (χ2v) is 9.28. The van der Waals surface area contributed by atoms with Crippen molar-refractivity contribution in [3.05, 3.63) is 71.5 Å². The second kappa shape index (κ2) is 11.9. The van der Waals surface area contributed by atoms with E-state index in [1.807, 2.05) is 23.6 Å². The number of carbonyl (C=O) groups is 1. The number of halogens is 1. The molecule has 34 heavy (non-hydrogen) atoms. The van der Waals surface area contributed by atoms with Crippen molar-refractivity contribution in [1.29, 1.82) is 0 Å². The summed E-state index contributed by atoms with van der Waals surface area (Å²) >= 11 is 7.32. The van der Waals surface area contributed by atoms with E-state index in [9.17, 15) is 4.79 Å². The Labute approximate surface area is 209 Å². The first-order valence-corrected chi connectivity index (χ1v) is 12.3. The van der Waals surface area contributed by atoms with Crippen LogP contribution in [0.2, 0.25) is 5.02 Å². The van der Waals surface area contributed by atoms with Gasteiger partial charge in [0.15, 0.2) is 17.1 Å². The molecule has 180 valence electrons. The molecule has 7 nitrogen and oxygen atoms in total. The third-order valence-corrected chi connectivity index (χ3v) is 6.25. The Morgan fingerprint density at radius 1 is 1.21 bits per heavy atom. The van der Waals surface area contributed by atoms with Gasteiger partial charge in [0.05, 0.1) is 18.6 Å². The summed E-state index contributed by atoms with van der Waals surface area (Å²) in [7, 11) is 1.54. The third kappa shape index (κ3) is 6.55. The molecule has 0 fully saturated rings. The van der Waals surface area contributed by atoms with E-state index < -0.39 is 0 Å². The zero-order valence-electron chi connectivity index (χ0n) is 19.7. The Kier molecular flexibility index (Phi) is 9.01. The van der Waals surface area contributed by atoms with Gasteiger partial charge in [-0.25, -0.2) is 0 Å². The highest BCUT2D eigenvalue weighted by Crippen LogP contribution is 2.29. The first kappa shape index (κ1) is 25.6. The van der Waals surface area contributed by atoms with Gasteiger partial charge in [-0.2, -0.15) is 0 Å². The van der Waals surface area contributed by atoms with E-state index in [1.54, 1.807) is 24.3 Å². The minimum absolute atomic E-state index is 0.136. The summed E-state index contributed by atoms with van der Waals surface area (Å²) in [4.78, 5) is 12.6. The summed E-state index contributed by atoms with van der Waals surface area (Å²) < 4.78 is 13.3. The van der Waals surface area contributed by atoms with Gasteiger partial charge in [0.25, 0.3) is 0 Å². The topological polar surface area (TPSA) is 78.3 Å². The molecule has 1 unspecified atom stereocenters. The van der Waals surface area contributed by atoms with Gasteiger partial charge < -0.3 is 14.8 Å². The number of hydrogen-bond donors (Lipinski definition) is 1. The molecule has 1 aromatic heterocycles. The lowest BCUT2D eigenvalue weighted by molar-refractivity contribution is -0.113. The summed E-state index contributed by atoms with van der Waals surface area (Å²) in [5, 5.41) is 12.6. The molecule has 0 saturated heterocycles. The molecule has 0 bridgehead atoms. The minimum Gasteiger partial charge on any atom is -0.495 e. The SMILES string of the molecule is C=CCn1c(SCC(=O)Nc2cc(Cl)ccc2OC)nnc1C(C)Oc1ccc(C(C)C)cc1. The summed E-state index contributed by atoms with van der Waals surface area (Å²) in [5.74, 6) is 2.33. The van der Waals surface area contributed by atoms with Crippen molar-refractivity contribution >= 4 is 35.0 Å². The van der Waals surface area contributed by atoms with E-state index in [2.05, 4.69) is 48.1 Å². The highest BCUT2D eigenvalue weighted by atomic mass is 35.5. The number of benzene rings is 2. The van der Waals surface area contributed by atoms with Crippen LogP contribution in [0, 0.1) is 0 Å². The van der Waals surface area contributed by atoms with Crippen molar-refractivity contribution in [2.24, 2.45) is 0 Å². The van der Waals surface area contributed by atoms with Gasteiger partial charge in [-0.15, -0.1) is 16.8 Å². The zero-order valence-corrected chi connectivity index (χ0v) is 21.3. The van der Waals surface area contributed by atoms with Crippen LogP contribution in [0.3, 0.4) is 0 Å². The molecule has 2 aromatic carbocycles. The van der Waals surface area contributed by atoms with Crippen LogP contribution in [0.25, 0.3) is 0 Å². The van der Waals surface area contributed by atoms with Crippen molar-refractivity contribution < 1.29 is 14.3 Å². The van der Waals surface area contributed by atoms with Crippen LogP contribution in [0.15, 0.2) is 60.3 Å². The normalized spacial score (nSPS) is 11.8. The van der Waals surface area contributed by atoms with Gasteiger partial charge in [-0.05, 0) is 48.7 Å². The number of rotatable bonds is 11. The number of amides is 1. The maximum Gasteiger partial charge on any atom is 0.234 e. The molecule has 1 N–H and O–H groups in total. The lowest BCUT2D eigenvalue weighted by Gasteiger charge is -2.16. The number of nitrogens with one attached hydrogen (secondary N) is 1. The van der Waals surface area contributed by atoms with Crippen LogP contribution in [0.4, 0.5) is 5.69 Å². The summed E-state index contributed by atoms with van der Waals surface area (Å²) in [5.41, 5.74) is 1.77. The van der Waals surface area contributed by atoms with Crippen LogP contribution in [-0.4, -0.2) is 33.5 Å². The molecule has 1 amide bonds. The van der Waals surface area contributed by atoms with E-state index in [4.69, 9.17) is 21.1 Å². The van der Waals surface area contributed by atoms with Crippen LogP contribution in [0.5, 0.6) is 11.5 Å². The second-order valence-electron chi connectivity index (χ2n) is 7.91. The minimum atomic E-state index is -0.337. The molecule has 0 spiro atoms. The van der Waals surface area contributed by atoms with Gasteiger partial charge in [-0.1, -0.05) is 55.4 Å². The number of methoxy groups -OCH3 is 1. The van der Waals surface area contributed by atoms with Crippen LogP contribution in [0.1, 0.15) is 44.2 Å². The maximum atomic E-state index is 12.6. The van der Waals surface area contributed by atoms with E-state index >= 15 is 0 Å². The molecule has 3 rings (SSSR count). The fourth-order valence-electron chi connectivity index (χ4n) is 3.29. The lowest BCUT2D eigenvalue weighted by atomic mass is 10.0. The average Bonchev–Trinajstić information content (AvgIpc) is 3.21. The lowest BCUT2D eigenvalue weighted by Crippen LogP contribution is -2.16. The largest absolute Gasteiger partial charge is 0.495 e. The molecule has 1 atom stereocenters. The fourth-order valence-corrected chi connectivity index (χ4v) is 4.22. The Morgan fingerprint density at radius 2 is 1.94 bits per heavy atom. The Hall–Kier alpha value is -2.97. The first-order valence-electron chi connectivity index (χ1n) is 10.9. The van der Waals surface area contributed by atoms with Crippen molar-refractivity contribution in [1.82, 2.24) is 14.8 Å². The monoisotopic (exact) mass is 500 g/mol. The van der Waals surface area contributed by atoms with E-state index in [0.717, 1.165) is 5.75 Å². The molecular formula is C25H29ClN4O3S. The predicted molar refractivity (Wildman–Crippen MR) is 137 cm³/mol. The Balaban J connectivity index is 1.68. The van der Waals surface area contributed by atoms with E-state index in [0.29, 0.717) is 39.9 Å². The number of allylic oxidation sites excluding steroid dienone is 1. The summed E-state index contributed by atoms with van der Waals surface area (Å²) in [6.07, 6.45) is 1.43. The molecule has 3 aromatic rings. The number of aromatic nitrogens is 3. The van der Waals surface area contributed by atoms with Crippen LogP contribution in [-0.2, 0) is 11.3 Å². The smallest absolute Gasteiger partial charge is 0.234 e. The van der Waals surface area contributed by atoms with Crippen LogP contribution >= 0.6 is 23.4 Å². The van der Waals surface area contributed by atoms with E-state index in [1.165, 1.54) is 24.4 Å². The van der Waals surface area contributed by atoms with Crippen molar-refractivity contribution in [3.63, 3.8) is 0 Å². The Bertz CT molecular complexity index is 1130. The standard InChI is InChI=1S/C25H29ClN4O3S/c1-6-13-30-24(17(4)33-20-10-7-18(8-11-20)16(2)3)28-29-25(30)34-15-23(31)27-21-14-19(26)9-12-22(21)32-5/h6-12,14,16-17H,1,13,15H2,2-5H3,(H,27,31). The van der Waals surface area contributed by atoms with Crippen LogP contribution < -0.4 is 14.8 Å². The van der Waals surface area contributed by atoms with Gasteiger partial charge in [0.1, 0.15) is 11.5 Å². The molecule has 0 saturated carbocycles. The van der Waals surface area contributed by atoms with Gasteiger partial charge >= 0.3 is 0 Å². The van der Waals surface area contributed by atoms with Crippen molar-refractivity contribution in [2.45, 2.75) is 44.5 Å². The first-order chi connectivity index (χ1) is 16.3. The molecule has 9 heteroatoms. The predicted octanol–water partition coefficient (Wildman–Crippen LogP) is 6.12. The number of nitrogens with zero attached hydrogens (tertiary/aromatic N) is 3. The molecule has 0 radical (unpaired) electrons. The number of thioether (sulfide) groups is 1. The summed E-state index contributed by atoms with van der Waals surface area (Å²) in [6.45, 7) is 10.6. The van der Waals surface area contributed by atoms with Gasteiger partial charge in [-0.3, -0.25) is 9.36 Å². The molecule has 0 aliphatic carbocycles. The Morgan fingerprint density at radius 3 is 2.59 bits per heavy atom. The maximum absolute atomic E-state index is 12.6. The van der Waals surface area contributed by atoms with Gasteiger partial charge in [0, 0.05) is 11.6 Å². The van der Waals surface area contributed by atoms with Gasteiger partial charge in [0.2, 0.25) is 5.91 Å². The number of ether oxygens (including phenoxy) is 2.